The molecule has 0 aliphatic rings. The van der Waals surface area contributed by atoms with Gasteiger partial charge in [-0.3, -0.25) is 9.10 Å². The molecule has 0 heterocycles. The predicted octanol–water partition coefficient (Wildman–Crippen LogP) is 5.11. The van der Waals surface area contributed by atoms with E-state index in [0.29, 0.717) is 5.69 Å². The fourth-order valence-electron chi connectivity index (χ4n) is 2.55. The van der Waals surface area contributed by atoms with Gasteiger partial charge in [0.25, 0.3) is 10.0 Å². The molecule has 134 valence electrons. The maximum absolute atomic E-state index is 13.1. The van der Waals surface area contributed by atoms with Crippen LogP contribution >= 0.6 is 34.8 Å². The number of sulfonamides is 1. The van der Waals surface area contributed by atoms with Crippen molar-refractivity contribution in [3.8, 4) is 0 Å². The van der Waals surface area contributed by atoms with Gasteiger partial charge in [-0.05, 0) is 52.7 Å². The summed E-state index contributed by atoms with van der Waals surface area (Å²) in [5.74, 6) is 0. The summed E-state index contributed by atoms with van der Waals surface area (Å²) in [6.45, 7) is -0.537. The molecular formula is C18H12Cl3NO3S. The first-order chi connectivity index (χ1) is 12.3. The van der Waals surface area contributed by atoms with Crippen molar-refractivity contribution in [1.82, 2.24) is 0 Å². The lowest BCUT2D eigenvalue weighted by Gasteiger charge is -2.24. The van der Waals surface area contributed by atoms with Gasteiger partial charge in [0.15, 0.2) is 0 Å². The van der Waals surface area contributed by atoms with Crippen LogP contribution in [0.2, 0.25) is 10.0 Å². The SMILES string of the molecule is O=C(Cl)CN(c1ccc2ccccc2c1)S(=O)(=O)c1cc(Cl)ccc1Cl. The first-order valence-electron chi connectivity index (χ1n) is 7.44. The maximum Gasteiger partial charge on any atom is 0.266 e. The van der Waals surface area contributed by atoms with E-state index in [-0.39, 0.29) is 14.9 Å². The van der Waals surface area contributed by atoms with E-state index in [1.165, 1.54) is 18.2 Å². The van der Waals surface area contributed by atoms with Crippen molar-refractivity contribution in [1.29, 1.82) is 0 Å². The molecule has 0 aliphatic heterocycles. The summed E-state index contributed by atoms with van der Waals surface area (Å²) >= 11 is 17.5. The zero-order valence-electron chi connectivity index (χ0n) is 13.2. The summed E-state index contributed by atoms with van der Waals surface area (Å²) in [5, 5.41) is 1.15. The van der Waals surface area contributed by atoms with Crippen LogP contribution in [0.25, 0.3) is 10.8 Å². The van der Waals surface area contributed by atoms with Crippen LogP contribution in [0.5, 0.6) is 0 Å². The summed E-state index contributed by atoms with van der Waals surface area (Å²) in [5.41, 5.74) is 0.300. The highest BCUT2D eigenvalue weighted by molar-refractivity contribution is 7.93. The Balaban J connectivity index is 2.18. The van der Waals surface area contributed by atoms with E-state index in [1.807, 2.05) is 24.3 Å². The Morgan fingerprint density at radius 2 is 1.62 bits per heavy atom. The summed E-state index contributed by atoms with van der Waals surface area (Å²) in [7, 11) is -4.16. The number of halogens is 3. The number of rotatable bonds is 5. The molecule has 0 aliphatic carbocycles. The lowest BCUT2D eigenvalue weighted by atomic mass is 10.1. The van der Waals surface area contributed by atoms with Gasteiger partial charge in [-0.2, -0.15) is 0 Å². The van der Waals surface area contributed by atoms with Gasteiger partial charge in [-0.25, -0.2) is 8.42 Å². The van der Waals surface area contributed by atoms with Crippen molar-refractivity contribution in [2.75, 3.05) is 10.8 Å². The van der Waals surface area contributed by atoms with Crippen molar-refractivity contribution in [2.45, 2.75) is 4.90 Å². The topological polar surface area (TPSA) is 54.5 Å². The Hall–Kier alpha value is -1.79. The highest BCUT2D eigenvalue weighted by Gasteiger charge is 2.29. The number of benzene rings is 3. The molecule has 0 saturated carbocycles. The molecule has 0 aromatic heterocycles. The number of hydrogen-bond acceptors (Lipinski definition) is 3. The van der Waals surface area contributed by atoms with Crippen molar-refractivity contribution >= 4 is 66.5 Å². The first-order valence-corrected chi connectivity index (χ1v) is 10.0. The fraction of sp³-hybridized carbons (Fsp3) is 0.0556. The van der Waals surface area contributed by atoms with E-state index >= 15 is 0 Å². The number of nitrogens with zero attached hydrogens (tertiary/aromatic N) is 1. The monoisotopic (exact) mass is 427 g/mol. The molecule has 0 saturated heterocycles. The van der Waals surface area contributed by atoms with E-state index in [4.69, 9.17) is 34.8 Å². The molecule has 0 amide bonds. The van der Waals surface area contributed by atoms with Gasteiger partial charge in [0, 0.05) is 5.02 Å². The molecule has 0 unspecified atom stereocenters. The minimum atomic E-state index is -4.16. The third-order valence-electron chi connectivity index (χ3n) is 3.75. The van der Waals surface area contributed by atoms with Crippen LogP contribution in [-0.4, -0.2) is 20.2 Å². The van der Waals surface area contributed by atoms with Crippen LogP contribution in [0.15, 0.2) is 65.6 Å². The van der Waals surface area contributed by atoms with E-state index in [1.54, 1.807) is 18.2 Å². The van der Waals surface area contributed by atoms with Crippen LogP contribution in [0, 0.1) is 0 Å². The molecule has 26 heavy (non-hydrogen) atoms. The largest absolute Gasteiger partial charge is 0.279 e. The molecular weight excluding hydrogens is 417 g/mol. The quantitative estimate of drug-likeness (QED) is 0.531. The predicted molar refractivity (Wildman–Crippen MR) is 106 cm³/mol. The van der Waals surface area contributed by atoms with Crippen molar-refractivity contribution < 1.29 is 13.2 Å². The molecule has 4 nitrogen and oxygen atoms in total. The molecule has 3 rings (SSSR count). The number of fused-ring (bicyclic) bond motifs is 1. The van der Waals surface area contributed by atoms with Gasteiger partial charge >= 0.3 is 0 Å². The Bertz CT molecular complexity index is 1100. The van der Waals surface area contributed by atoms with Gasteiger partial charge in [0.2, 0.25) is 5.24 Å². The zero-order valence-corrected chi connectivity index (χ0v) is 16.3. The Kier molecular flexibility index (Phi) is 5.44. The van der Waals surface area contributed by atoms with Crippen LogP contribution in [0.1, 0.15) is 0 Å². The number of hydrogen-bond donors (Lipinski definition) is 0. The highest BCUT2D eigenvalue weighted by Crippen LogP contribution is 2.32. The molecule has 3 aromatic carbocycles. The Morgan fingerprint density at radius 3 is 2.31 bits per heavy atom. The lowest BCUT2D eigenvalue weighted by molar-refractivity contribution is -0.110. The summed E-state index contributed by atoms with van der Waals surface area (Å²) < 4.78 is 27.2. The number of anilines is 1. The summed E-state index contributed by atoms with van der Waals surface area (Å²) in [6, 6.07) is 16.6. The second-order valence-corrected chi connectivity index (χ2v) is 8.57. The van der Waals surface area contributed by atoms with Crippen LogP contribution in [0.3, 0.4) is 0 Å². The normalized spacial score (nSPS) is 11.5. The number of carbonyl (C=O) groups is 1. The smallest absolute Gasteiger partial charge is 0.266 e. The van der Waals surface area contributed by atoms with E-state index < -0.39 is 21.8 Å². The molecule has 0 bridgehead atoms. The van der Waals surface area contributed by atoms with Gasteiger partial charge in [-0.1, -0.05) is 53.5 Å². The van der Waals surface area contributed by atoms with Crippen LogP contribution < -0.4 is 4.31 Å². The fourth-order valence-corrected chi connectivity index (χ4v) is 4.90. The molecule has 0 radical (unpaired) electrons. The van der Waals surface area contributed by atoms with Crippen LogP contribution in [0.4, 0.5) is 5.69 Å². The van der Waals surface area contributed by atoms with Gasteiger partial charge < -0.3 is 0 Å². The first kappa shape index (κ1) is 19.0. The van der Waals surface area contributed by atoms with E-state index in [2.05, 4.69) is 0 Å². The number of carbonyl (C=O) groups excluding carboxylic acids is 1. The molecule has 3 aromatic rings. The Labute approximate surface area is 165 Å². The van der Waals surface area contributed by atoms with Crippen LogP contribution in [-0.2, 0) is 14.8 Å². The lowest BCUT2D eigenvalue weighted by Crippen LogP contribution is -2.34. The zero-order chi connectivity index (χ0) is 18.9. The Morgan fingerprint density at radius 1 is 0.923 bits per heavy atom. The van der Waals surface area contributed by atoms with E-state index in [9.17, 15) is 13.2 Å². The minimum Gasteiger partial charge on any atom is -0.279 e. The molecule has 0 N–H and O–H groups in total. The third-order valence-corrected chi connectivity index (χ3v) is 6.36. The van der Waals surface area contributed by atoms with E-state index in [0.717, 1.165) is 15.1 Å². The second kappa shape index (κ2) is 7.45. The maximum atomic E-state index is 13.1. The van der Waals surface area contributed by atoms with Gasteiger partial charge in [0.05, 0.1) is 10.7 Å². The second-order valence-electron chi connectivity index (χ2n) is 5.47. The van der Waals surface area contributed by atoms with Gasteiger partial charge in [0.1, 0.15) is 11.4 Å². The average molecular weight is 429 g/mol. The summed E-state index contributed by atoms with van der Waals surface area (Å²) in [6.07, 6.45) is 0. The van der Waals surface area contributed by atoms with Crippen molar-refractivity contribution in [2.24, 2.45) is 0 Å². The molecule has 0 atom stereocenters. The standard InChI is InChI=1S/C18H12Cl3NO3S/c19-14-6-8-16(20)17(10-14)26(24,25)22(11-18(21)23)15-7-5-12-3-1-2-4-13(12)9-15/h1-10H,11H2. The summed E-state index contributed by atoms with van der Waals surface area (Å²) in [4.78, 5) is 11.3. The molecule has 0 fully saturated rings. The molecule has 0 spiro atoms. The van der Waals surface area contributed by atoms with Gasteiger partial charge in [-0.15, -0.1) is 0 Å². The minimum absolute atomic E-state index is 0.00205. The highest BCUT2D eigenvalue weighted by atomic mass is 35.5. The average Bonchev–Trinajstić information content (AvgIpc) is 2.61. The molecule has 8 heteroatoms. The van der Waals surface area contributed by atoms with Crippen molar-refractivity contribution in [3.63, 3.8) is 0 Å². The third kappa shape index (κ3) is 3.81. The van der Waals surface area contributed by atoms with Crippen molar-refractivity contribution in [3.05, 3.63) is 70.7 Å².